The quantitative estimate of drug-likeness (QED) is 0.499. The highest BCUT2D eigenvalue weighted by Gasteiger charge is 1.88. The summed E-state index contributed by atoms with van der Waals surface area (Å²) in [5.74, 6) is 0. The fourth-order valence-electron chi connectivity index (χ4n) is 0.255. The molecule has 3 nitrogen and oxygen atoms in total. The zero-order chi connectivity index (χ0) is 5.11. The van der Waals surface area contributed by atoms with Crippen LogP contribution in [-0.2, 0) is 4.79 Å². The molecule has 0 atom stereocenters. The van der Waals surface area contributed by atoms with E-state index in [1.165, 1.54) is 12.5 Å². The van der Waals surface area contributed by atoms with Gasteiger partial charge in [0.15, 0.2) is 0 Å². The predicted octanol–water partition coefficient (Wildman–Crippen LogP) is 0.132. The predicted molar refractivity (Wildman–Crippen MR) is 21.3 cm³/mol. The molecule has 1 radical (unpaired) electrons. The second kappa shape index (κ2) is 1.55. The molecule has 0 amide bonds. The monoisotopic (exact) mass is 96.0 g/mol. The van der Waals surface area contributed by atoms with Gasteiger partial charge < -0.3 is 4.52 Å². The van der Waals surface area contributed by atoms with Gasteiger partial charge in [-0.05, 0) is 0 Å². The average molecular weight is 96.1 g/mol. The summed E-state index contributed by atoms with van der Waals surface area (Å²) in [5, 5.41) is 3.26. The van der Waals surface area contributed by atoms with Gasteiger partial charge in [0.2, 0.25) is 6.29 Å². The van der Waals surface area contributed by atoms with Crippen molar-refractivity contribution in [3.8, 4) is 0 Å². The van der Waals surface area contributed by atoms with Crippen molar-refractivity contribution in [3.63, 3.8) is 0 Å². The Morgan fingerprint density at radius 1 is 1.86 bits per heavy atom. The molecule has 0 saturated carbocycles. The Hall–Kier alpha value is -1.12. The van der Waals surface area contributed by atoms with E-state index in [2.05, 4.69) is 9.68 Å². The molecule has 0 bridgehead atoms. The lowest BCUT2D eigenvalue weighted by Gasteiger charge is -1.58. The second-order valence-corrected chi connectivity index (χ2v) is 1.02. The van der Waals surface area contributed by atoms with Gasteiger partial charge >= 0.3 is 0 Å². The third-order valence-electron chi connectivity index (χ3n) is 0.550. The summed E-state index contributed by atoms with van der Waals surface area (Å²) in [6, 6.07) is 0. The molecule has 0 aliphatic carbocycles. The summed E-state index contributed by atoms with van der Waals surface area (Å²) < 4.78 is 4.29. The van der Waals surface area contributed by atoms with Gasteiger partial charge in [0.1, 0.15) is 6.26 Å². The Morgan fingerprint density at radius 2 is 2.71 bits per heavy atom. The van der Waals surface area contributed by atoms with Crippen molar-refractivity contribution in [1.29, 1.82) is 0 Å². The maximum atomic E-state index is 9.64. The lowest BCUT2D eigenvalue weighted by atomic mass is 10.4. The van der Waals surface area contributed by atoms with E-state index in [9.17, 15) is 4.79 Å². The highest BCUT2D eigenvalue weighted by molar-refractivity contribution is 5.73. The first-order chi connectivity index (χ1) is 3.43. The number of aromatic nitrogens is 1. The highest BCUT2D eigenvalue weighted by Crippen LogP contribution is 1.87. The molecule has 0 aromatic carbocycles. The number of rotatable bonds is 1. The molecule has 0 fully saturated rings. The van der Waals surface area contributed by atoms with Gasteiger partial charge in [0.05, 0.1) is 11.8 Å². The maximum absolute atomic E-state index is 9.64. The SMILES string of the molecule is O=[C]c1cnoc1. The van der Waals surface area contributed by atoms with Crippen molar-refractivity contribution in [2.24, 2.45) is 0 Å². The van der Waals surface area contributed by atoms with Crippen molar-refractivity contribution in [1.82, 2.24) is 5.16 Å². The molecule has 1 heterocycles. The van der Waals surface area contributed by atoms with Crippen LogP contribution in [0, 0.1) is 0 Å². The summed E-state index contributed by atoms with van der Waals surface area (Å²) in [7, 11) is 0. The van der Waals surface area contributed by atoms with Crippen LogP contribution < -0.4 is 0 Å². The molecule has 1 rings (SSSR count). The number of hydrogen-bond donors (Lipinski definition) is 0. The zero-order valence-electron chi connectivity index (χ0n) is 3.42. The topological polar surface area (TPSA) is 43.1 Å². The second-order valence-electron chi connectivity index (χ2n) is 1.02. The molecular formula is C4H2NO2. The van der Waals surface area contributed by atoms with Crippen LogP contribution in [0.1, 0.15) is 5.56 Å². The minimum absolute atomic E-state index is 0.347. The van der Waals surface area contributed by atoms with Gasteiger partial charge in [-0.1, -0.05) is 5.16 Å². The van der Waals surface area contributed by atoms with E-state index < -0.39 is 0 Å². The van der Waals surface area contributed by atoms with E-state index in [0.29, 0.717) is 5.56 Å². The lowest BCUT2D eigenvalue weighted by molar-refractivity contribution is 0.419. The first kappa shape index (κ1) is 4.05. The summed E-state index contributed by atoms with van der Waals surface area (Å²) in [4.78, 5) is 9.64. The Kier molecular flexibility index (Phi) is 0.898. The first-order valence-electron chi connectivity index (χ1n) is 1.71. The summed E-state index contributed by atoms with van der Waals surface area (Å²) in [5.41, 5.74) is 0.347. The minimum atomic E-state index is 0.347. The van der Waals surface area contributed by atoms with Gasteiger partial charge in [0, 0.05) is 0 Å². The van der Waals surface area contributed by atoms with E-state index in [4.69, 9.17) is 0 Å². The number of hydrogen-bond acceptors (Lipinski definition) is 3. The van der Waals surface area contributed by atoms with Crippen LogP contribution in [0.5, 0.6) is 0 Å². The van der Waals surface area contributed by atoms with E-state index in [-0.39, 0.29) is 0 Å². The van der Waals surface area contributed by atoms with Crippen LogP contribution in [0.25, 0.3) is 0 Å². The van der Waals surface area contributed by atoms with Crippen molar-refractivity contribution in [2.45, 2.75) is 0 Å². The molecule has 0 unspecified atom stereocenters. The Bertz CT molecular complexity index is 145. The van der Waals surface area contributed by atoms with E-state index in [1.807, 2.05) is 0 Å². The average Bonchev–Trinajstić information content (AvgIpc) is 2.14. The largest absolute Gasteiger partial charge is 0.364 e. The van der Waals surface area contributed by atoms with Gasteiger partial charge in [-0.15, -0.1) is 0 Å². The van der Waals surface area contributed by atoms with Crippen LogP contribution in [0.2, 0.25) is 0 Å². The fraction of sp³-hybridized carbons (Fsp3) is 0. The molecule has 0 spiro atoms. The molecule has 7 heavy (non-hydrogen) atoms. The molecule has 0 aliphatic heterocycles. The molecular weight excluding hydrogens is 94.0 g/mol. The van der Waals surface area contributed by atoms with Crippen molar-refractivity contribution in [3.05, 3.63) is 18.0 Å². The van der Waals surface area contributed by atoms with E-state index in [1.54, 1.807) is 6.29 Å². The summed E-state index contributed by atoms with van der Waals surface area (Å²) in [6.07, 6.45) is 4.13. The van der Waals surface area contributed by atoms with Crippen molar-refractivity contribution < 1.29 is 9.32 Å². The lowest BCUT2D eigenvalue weighted by Crippen LogP contribution is -1.67. The minimum Gasteiger partial charge on any atom is -0.364 e. The third kappa shape index (κ3) is 0.652. The van der Waals surface area contributed by atoms with Crippen LogP contribution in [0.4, 0.5) is 0 Å². The summed E-state index contributed by atoms with van der Waals surface area (Å²) in [6.45, 7) is 0. The molecule has 1 aromatic heterocycles. The van der Waals surface area contributed by atoms with Gasteiger partial charge in [-0.3, -0.25) is 4.79 Å². The van der Waals surface area contributed by atoms with Crippen molar-refractivity contribution in [2.75, 3.05) is 0 Å². The van der Waals surface area contributed by atoms with Crippen LogP contribution in [0.15, 0.2) is 17.0 Å². The van der Waals surface area contributed by atoms with Gasteiger partial charge in [-0.25, -0.2) is 0 Å². The van der Waals surface area contributed by atoms with Crippen molar-refractivity contribution >= 4 is 6.29 Å². The van der Waals surface area contributed by atoms with E-state index in [0.717, 1.165) is 0 Å². The first-order valence-corrected chi connectivity index (χ1v) is 1.71. The van der Waals surface area contributed by atoms with Gasteiger partial charge in [0.25, 0.3) is 0 Å². The molecule has 0 N–H and O–H groups in total. The van der Waals surface area contributed by atoms with Crippen LogP contribution in [0.3, 0.4) is 0 Å². The van der Waals surface area contributed by atoms with Crippen LogP contribution in [-0.4, -0.2) is 11.4 Å². The number of nitrogens with zero attached hydrogens (tertiary/aromatic N) is 1. The summed E-state index contributed by atoms with van der Waals surface area (Å²) >= 11 is 0. The molecule has 0 aliphatic rings. The standard InChI is InChI=1S/C4H2NO2/c6-2-4-1-5-7-3-4/h1,3H. The fourth-order valence-corrected chi connectivity index (χ4v) is 0.255. The normalized spacial score (nSPS) is 8.57. The van der Waals surface area contributed by atoms with Crippen LogP contribution >= 0.6 is 0 Å². The highest BCUT2D eigenvalue weighted by atomic mass is 16.5. The smallest absolute Gasteiger partial charge is 0.238 e. The zero-order valence-corrected chi connectivity index (χ0v) is 3.42. The van der Waals surface area contributed by atoms with E-state index >= 15 is 0 Å². The number of carbonyl (C=O) groups excluding carboxylic acids is 1. The maximum Gasteiger partial charge on any atom is 0.238 e. The Morgan fingerprint density at radius 3 is 3.00 bits per heavy atom. The molecule has 0 saturated heterocycles. The Balaban J connectivity index is 2.96. The molecule has 3 heteroatoms. The molecule has 35 valence electrons. The molecule has 1 aromatic rings. The third-order valence-corrected chi connectivity index (χ3v) is 0.550. The Labute approximate surface area is 39.9 Å². The van der Waals surface area contributed by atoms with Gasteiger partial charge in [-0.2, -0.15) is 0 Å².